The molecular formula is C22H25FN4O2. The Labute approximate surface area is 169 Å². The Kier molecular flexibility index (Phi) is 5.78. The maximum Gasteiger partial charge on any atom is 0.238 e. The number of aromatic nitrogens is 1. The van der Waals surface area contributed by atoms with Crippen molar-refractivity contribution in [3.05, 3.63) is 83.8 Å². The lowest BCUT2D eigenvalue weighted by molar-refractivity contribution is -0.122. The topological polar surface area (TPSA) is 71.2 Å². The highest BCUT2D eigenvalue weighted by atomic mass is 19.1. The van der Waals surface area contributed by atoms with E-state index in [1.165, 1.54) is 12.1 Å². The van der Waals surface area contributed by atoms with Crippen molar-refractivity contribution >= 4 is 5.91 Å². The van der Waals surface area contributed by atoms with E-state index < -0.39 is 0 Å². The summed E-state index contributed by atoms with van der Waals surface area (Å²) in [7, 11) is 1.99. The van der Waals surface area contributed by atoms with Gasteiger partial charge in [-0.2, -0.15) is 0 Å². The van der Waals surface area contributed by atoms with Crippen molar-refractivity contribution in [1.29, 1.82) is 0 Å². The molecule has 1 aromatic carbocycles. The molecule has 4 rings (SSSR count). The van der Waals surface area contributed by atoms with Crippen LogP contribution in [0.1, 0.15) is 41.8 Å². The van der Waals surface area contributed by atoms with Crippen molar-refractivity contribution < 1.29 is 13.6 Å². The van der Waals surface area contributed by atoms with Gasteiger partial charge in [0.2, 0.25) is 5.91 Å². The number of nitrogens with one attached hydrogen (secondary N) is 3. The fourth-order valence-electron chi connectivity index (χ4n) is 3.88. The summed E-state index contributed by atoms with van der Waals surface area (Å²) in [5, 5.41) is 3.01. The van der Waals surface area contributed by atoms with E-state index in [0.717, 1.165) is 17.0 Å². The SMILES string of the molecule is Cn1cccc1C1CC(C(=O)NCCC(c2ccc(F)cc2)c2ccco2)NN1. The van der Waals surface area contributed by atoms with Crippen LogP contribution in [0.3, 0.4) is 0 Å². The Bertz CT molecular complexity index is 936. The smallest absolute Gasteiger partial charge is 0.238 e. The molecule has 6 nitrogen and oxygen atoms in total. The van der Waals surface area contributed by atoms with E-state index >= 15 is 0 Å². The molecule has 1 amide bonds. The van der Waals surface area contributed by atoms with Crippen LogP contribution >= 0.6 is 0 Å². The number of rotatable bonds is 7. The number of halogens is 1. The molecule has 3 N–H and O–H groups in total. The third-order valence-electron chi connectivity index (χ3n) is 5.45. The standard InChI is InChI=1S/C22H25FN4O2/c1-27-12-2-4-20(27)18-14-19(26-25-18)22(28)24-11-10-17(21-5-3-13-29-21)15-6-8-16(23)9-7-15/h2-9,12-13,17-19,25-26H,10-11,14H2,1H3,(H,24,28). The number of carbonyl (C=O) groups is 1. The molecule has 7 heteroatoms. The molecule has 0 spiro atoms. The van der Waals surface area contributed by atoms with E-state index in [1.807, 2.05) is 31.4 Å². The average molecular weight is 396 g/mol. The van der Waals surface area contributed by atoms with Gasteiger partial charge < -0.3 is 14.3 Å². The van der Waals surface area contributed by atoms with Gasteiger partial charge in [0, 0.05) is 31.4 Å². The number of carbonyl (C=O) groups excluding carboxylic acids is 1. The predicted molar refractivity (Wildman–Crippen MR) is 107 cm³/mol. The zero-order chi connectivity index (χ0) is 20.2. The Morgan fingerprint density at radius 3 is 2.76 bits per heavy atom. The fraction of sp³-hybridized carbons (Fsp3) is 0.318. The molecule has 0 aliphatic carbocycles. The maximum absolute atomic E-state index is 13.3. The summed E-state index contributed by atoms with van der Waals surface area (Å²) in [6.45, 7) is 0.495. The van der Waals surface area contributed by atoms with Gasteiger partial charge in [-0.15, -0.1) is 0 Å². The van der Waals surface area contributed by atoms with Crippen LogP contribution in [0, 0.1) is 5.82 Å². The highest BCUT2D eigenvalue weighted by Gasteiger charge is 2.31. The molecule has 1 aliphatic heterocycles. The van der Waals surface area contributed by atoms with Gasteiger partial charge in [0.05, 0.1) is 12.3 Å². The minimum atomic E-state index is -0.289. The zero-order valence-corrected chi connectivity index (χ0v) is 16.3. The first-order valence-electron chi connectivity index (χ1n) is 9.80. The molecule has 3 atom stereocenters. The number of hydrazine groups is 1. The van der Waals surface area contributed by atoms with Crippen molar-refractivity contribution in [3.63, 3.8) is 0 Å². The van der Waals surface area contributed by atoms with E-state index in [0.29, 0.717) is 19.4 Å². The number of hydrogen-bond acceptors (Lipinski definition) is 4. The lowest BCUT2D eigenvalue weighted by Crippen LogP contribution is -2.43. The molecule has 3 unspecified atom stereocenters. The Balaban J connectivity index is 1.34. The van der Waals surface area contributed by atoms with Crippen LogP contribution in [0.4, 0.5) is 4.39 Å². The number of hydrogen-bond donors (Lipinski definition) is 3. The van der Waals surface area contributed by atoms with Crippen LogP contribution < -0.4 is 16.2 Å². The van der Waals surface area contributed by atoms with Gasteiger partial charge in [0.15, 0.2) is 0 Å². The van der Waals surface area contributed by atoms with Crippen molar-refractivity contribution in [2.45, 2.75) is 30.8 Å². The van der Waals surface area contributed by atoms with E-state index in [1.54, 1.807) is 18.4 Å². The fourth-order valence-corrected chi connectivity index (χ4v) is 3.88. The Morgan fingerprint density at radius 1 is 1.24 bits per heavy atom. The van der Waals surface area contributed by atoms with E-state index in [2.05, 4.69) is 26.8 Å². The van der Waals surface area contributed by atoms with Gasteiger partial charge in [-0.3, -0.25) is 4.79 Å². The molecular weight excluding hydrogens is 371 g/mol. The summed E-state index contributed by atoms with van der Waals surface area (Å²) >= 11 is 0. The quantitative estimate of drug-likeness (QED) is 0.574. The summed E-state index contributed by atoms with van der Waals surface area (Å²) in [6, 6.07) is 14.0. The molecule has 1 aliphatic rings. The monoisotopic (exact) mass is 396 g/mol. The van der Waals surface area contributed by atoms with Gasteiger partial charge in [-0.25, -0.2) is 15.2 Å². The highest BCUT2D eigenvalue weighted by Crippen LogP contribution is 2.28. The second-order valence-electron chi connectivity index (χ2n) is 7.37. The summed E-state index contributed by atoms with van der Waals surface area (Å²) in [4.78, 5) is 12.6. The van der Waals surface area contributed by atoms with Crippen molar-refractivity contribution in [2.24, 2.45) is 7.05 Å². The van der Waals surface area contributed by atoms with Crippen molar-refractivity contribution in [3.8, 4) is 0 Å². The predicted octanol–water partition coefficient (Wildman–Crippen LogP) is 3.00. The molecule has 0 saturated carbocycles. The third-order valence-corrected chi connectivity index (χ3v) is 5.45. The van der Waals surface area contributed by atoms with Crippen molar-refractivity contribution in [1.82, 2.24) is 20.7 Å². The normalized spacial score (nSPS) is 19.9. The van der Waals surface area contributed by atoms with Crippen LogP contribution in [-0.4, -0.2) is 23.1 Å². The minimum Gasteiger partial charge on any atom is -0.469 e. The van der Waals surface area contributed by atoms with Crippen LogP contribution in [0.5, 0.6) is 0 Å². The lowest BCUT2D eigenvalue weighted by Gasteiger charge is -2.17. The van der Waals surface area contributed by atoms with E-state index in [4.69, 9.17) is 4.42 Å². The van der Waals surface area contributed by atoms with Crippen LogP contribution in [-0.2, 0) is 11.8 Å². The van der Waals surface area contributed by atoms with Crippen molar-refractivity contribution in [2.75, 3.05) is 6.54 Å². The largest absolute Gasteiger partial charge is 0.469 e. The van der Waals surface area contributed by atoms with E-state index in [9.17, 15) is 9.18 Å². The number of aryl methyl sites for hydroxylation is 1. The second kappa shape index (κ2) is 8.63. The molecule has 29 heavy (non-hydrogen) atoms. The summed E-state index contributed by atoms with van der Waals surface area (Å²) in [6.07, 6.45) is 4.96. The number of amides is 1. The molecule has 0 bridgehead atoms. The first-order valence-corrected chi connectivity index (χ1v) is 9.80. The van der Waals surface area contributed by atoms with Crippen LogP contribution in [0.25, 0.3) is 0 Å². The third kappa shape index (κ3) is 4.41. The summed E-state index contributed by atoms with van der Waals surface area (Å²) < 4.78 is 20.9. The van der Waals surface area contributed by atoms with Crippen LogP contribution in [0.2, 0.25) is 0 Å². The molecule has 152 valence electrons. The maximum atomic E-state index is 13.3. The van der Waals surface area contributed by atoms with E-state index in [-0.39, 0.29) is 29.7 Å². The Morgan fingerprint density at radius 2 is 2.07 bits per heavy atom. The second-order valence-corrected chi connectivity index (χ2v) is 7.37. The molecule has 3 aromatic rings. The van der Waals surface area contributed by atoms with Gasteiger partial charge in [0.1, 0.15) is 17.6 Å². The van der Waals surface area contributed by atoms with Gasteiger partial charge >= 0.3 is 0 Å². The minimum absolute atomic E-state index is 0.0356. The first-order chi connectivity index (χ1) is 14.1. The Hall–Kier alpha value is -2.90. The highest BCUT2D eigenvalue weighted by molar-refractivity contribution is 5.82. The number of furan rings is 1. The zero-order valence-electron chi connectivity index (χ0n) is 16.3. The molecule has 1 fully saturated rings. The number of nitrogens with zero attached hydrogens (tertiary/aromatic N) is 1. The first kappa shape index (κ1) is 19.4. The molecule has 3 heterocycles. The van der Waals surface area contributed by atoms with Gasteiger partial charge in [-0.05, 0) is 54.8 Å². The average Bonchev–Trinajstić information content (AvgIpc) is 3.47. The molecule has 0 radical (unpaired) electrons. The van der Waals surface area contributed by atoms with Gasteiger partial charge in [0.25, 0.3) is 0 Å². The summed E-state index contributed by atoms with van der Waals surface area (Å²) in [5.74, 6) is 0.450. The van der Waals surface area contributed by atoms with Gasteiger partial charge in [-0.1, -0.05) is 12.1 Å². The number of benzene rings is 1. The van der Waals surface area contributed by atoms with Crippen LogP contribution in [0.15, 0.2) is 65.4 Å². The molecule has 1 saturated heterocycles. The molecule has 2 aromatic heterocycles. The summed E-state index contributed by atoms with van der Waals surface area (Å²) in [5.41, 5.74) is 8.39. The lowest BCUT2D eigenvalue weighted by atomic mass is 9.93.